The largest absolute Gasteiger partial charge is 0.507 e. The number of aliphatic hydroxyl groups excluding tert-OH is 1. The highest BCUT2D eigenvalue weighted by molar-refractivity contribution is 7.89. The van der Waals surface area contributed by atoms with Gasteiger partial charge in [0.25, 0.3) is 17.6 Å². The number of anilines is 1. The highest BCUT2D eigenvalue weighted by Crippen LogP contribution is 2.53. The molecule has 0 bridgehead atoms. The number of ether oxygens (including phenoxy) is 1. The van der Waals surface area contributed by atoms with E-state index in [-0.39, 0.29) is 35.7 Å². The van der Waals surface area contributed by atoms with Gasteiger partial charge in [-0.25, -0.2) is 12.7 Å². The van der Waals surface area contributed by atoms with Crippen LogP contribution in [0.15, 0.2) is 59.0 Å². The highest BCUT2D eigenvalue weighted by atomic mass is 32.2. The minimum absolute atomic E-state index is 0.0150. The van der Waals surface area contributed by atoms with Crippen LogP contribution < -0.4 is 4.90 Å². The van der Waals surface area contributed by atoms with Crippen LogP contribution in [0.25, 0.3) is 5.76 Å². The molecule has 11 heteroatoms. The summed E-state index contributed by atoms with van der Waals surface area (Å²) < 4.78 is 31.1. The second kappa shape index (κ2) is 9.16. The second-order valence-corrected chi connectivity index (χ2v) is 10.7. The molecule has 1 N–H and O–H groups in total. The van der Waals surface area contributed by atoms with Gasteiger partial charge in [-0.2, -0.15) is 0 Å². The molecule has 2 aromatic carbocycles. The third-order valence-corrected chi connectivity index (χ3v) is 8.38. The zero-order valence-corrected chi connectivity index (χ0v) is 21.2. The highest BCUT2D eigenvalue weighted by Gasteiger charge is 2.66. The summed E-state index contributed by atoms with van der Waals surface area (Å²) in [6.07, 6.45) is 0. The van der Waals surface area contributed by atoms with Crippen molar-refractivity contribution in [3.8, 4) is 0 Å². The fraction of sp³-hybridized carbons (Fsp3) is 0.320. The van der Waals surface area contributed by atoms with E-state index in [1.165, 1.54) is 50.4 Å². The van der Waals surface area contributed by atoms with Gasteiger partial charge in [-0.05, 0) is 37.3 Å². The van der Waals surface area contributed by atoms with E-state index in [2.05, 4.69) is 0 Å². The smallest absolute Gasteiger partial charge is 0.296 e. The molecular formula is C25H27N3O7S. The average Bonchev–Trinajstić information content (AvgIpc) is 3.24. The van der Waals surface area contributed by atoms with E-state index in [1.807, 2.05) is 0 Å². The Balaban J connectivity index is 1.99. The SMILES string of the molecule is CCN1C(=O)[C@@]2(/C(=C(\O)c3ccc(S(=O)(=O)N(C)C)cc3)C(=O)C(=O)N2CCOC)c2ccccc21. The molecule has 2 heterocycles. The van der Waals surface area contributed by atoms with Crippen molar-refractivity contribution in [2.24, 2.45) is 0 Å². The maximum atomic E-state index is 14.0. The maximum absolute atomic E-state index is 14.0. The Labute approximate surface area is 209 Å². The zero-order valence-electron chi connectivity index (χ0n) is 20.4. The molecule has 2 aliphatic heterocycles. The van der Waals surface area contributed by atoms with Crippen molar-refractivity contribution >= 4 is 39.1 Å². The number of hydrogen-bond acceptors (Lipinski definition) is 7. The quantitative estimate of drug-likeness (QED) is 0.338. The molecule has 10 nitrogen and oxygen atoms in total. The van der Waals surface area contributed by atoms with Crippen LogP contribution in [-0.2, 0) is 34.7 Å². The number of amides is 2. The number of fused-ring (bicyclic) bond motifs is 2. The maximum Gasteiger partial charge on any atom is 0.296 e. The van der Waals surface area contributed by atoms with Crippen LogP contribution in [0.3, 0.4) is 0 Å². The number of carbonyl (C=O) groups is 3. The molecule has 2 aliphatic rings. The fourth-order valence-corrected chi connectivity index (χ4v) is 5.70. The van der Waals surface area contributed by atoms with Crippen LogP contribution in [0.2, 0.25) is 0 Å². The number of hydrogen-bond donors (Lipinski definition) is 1. The lowest BCUT2D eigenvalue weighted by Gasteiger charge is -2.34. The minimum Gasteiger partial charge on any atom is -0.507 e. The molecule has 190 valence electrons. The van der Waals surface area contributed by atoms with Crippen molar-refractivity contribution in [1.29, 1.82) is 0 Å². The first-order chi connectivity index (χ1) is 17.0. The Morgan fingerprint density at radius 1 is 1.06 bits per heavy atom. The Bertz CT molecular complexity index is 1380. The molecule has 0 unspecified atom stereocenters. The van der Waals surface area contributed by atoms with Gasteiger partial charge in [0, 0.05) is 45.4 Å². The van der Waals surface area contributed by atoms with Crippen molar-refractivity contribution in [2.75, 3.05) is 45.8 Å². The van der Waals surface area contributed by atoms with Gasteiger partial charge in [0.1, 0.15) is 5.76 Å². The number of Topliss-reactive ketones (excluding diaryl/α,β-unsaturated/α-hetero) is 1. The predicted octanol–water partition coefficient (Wildman–Crippen LogP) is 1.53. The topological polar surface area (TPSA) is 125 Å². The van der Waals surface area contributed by atoms with Gasteiger partial charge in [-0.1, -0.05) is 18.2 Å². The number of sulfonamides is 1. The Hall–Kier alpha value is -3.54. The molecule has 2 amide bonds. The van der Waals surface area contributed by atoms with Gasteiger partial charge in [0.05, 0.1) is 22.8 Å². The Morgan fingerprint density at radius 3 is 2.28 bits per heavy atom. The molecule has 1 saturated heterocycles. The first-order valence-electron chi connectivity index (χ1n) is 11.3. The van der Waals surface area contributed by atoms with Gasteiger partial charge in [-0.15, -0.1) is 0 Å². The van der Waals surface area contributed by atoms with E-state index in [1.54, 1.807) is 31.2 Å². The molecule has 1 fully saturated rings. The van der Waals surface area contributed by atoms with Gasteiger partial charge in [0.2, 0.25) is 10.0 Å². The first-order valence-corrected chi connectivity index (χ1v) is 12.7. The van der Waals surface area contributed by atoms with E-state index in [4.69, 9.17) is 4.74 Å². The third kappa shape index (κ3) is 3.46. The summed E-state index contributed by atoms with van der Waals surface area (Å²) in [7, 11) is 0.504. The number of ketones is 1. The lowest BCUT2D eigenvalue weighted by Crippen LogP contribution is -2.52. The Morgan fingerprint density at radius 2 is 1.69 bits per heavy atom. The summed E-state index contributed by atoms with van der Waals surface area (Å²) in [5.74, 6) is -3.03. The van der Waals surface area contributed by atoms with Crippen LogP contribution in [0.1, 0.15) is 18.1 Å². The Kier molecular flexibility index (Phi) is 6.50. The van der Waals surface area contributed by atoms with E-state index in [0.717, 1.165) is 9.21 Å². The standard InChI is InChI=1S/C25H27N3O7S/c1-5-27-19-9-7-6-8-18(19)25(24(27)32)20(22(30)23(31)28(25)14-15-35-4)21(29)16-10-12-17(13-11-16)36(33,34)26(2)3/h6-13,29H,5,14-15H2,1-4H3/b21-20-/t25-/m0/s1. The van der Waals surface area contributed by atoms with Crippen molar-refractivity contribution in [3.05, 3.63) is 65.2 Å². The molecule has 0 saturated carbocycles. The van der Waals surface area contributed by atoms with Crippen molar-refractivity contribution in [3.63, 3.8) is 0 Å². The van der Waals surface area contributed by atoms with E-state index >= 15 is 0 Å². The van der Waals surface area contributed by atoms with Crippen molar-refractivity contribution in [1.82, 2.24) is 9.21 Å². The average molecular weight is 514 g/mol. The normalized spacial score (nSPS) is 21.2. The third-order valence-electron chi connectivity index (χ3n) is 6.55. The van der Waals surface area contributed by atoms with E-state index < -0.39 is 38.9 Å². The number of carbonyl (C=O) groups excluding carboxylic acids is 3. The lowest BCUT2D eigenvalue weighted by molar-refractivity contribution is -0.144. The summed E-state index contributed by atoms with van der Waals surface area (Å²) in [6, 6.07) is 12.1. The number of para-hydroxylation sites is 1. The molecule has 0 radical (unpaired) electrons. The number of likely N-dealkylation sites (tertiary alicyclic amines) is 1. The summed E-state index contributed by atoms with van der Waals surface area (Å²) in [5.41, 5.74) is -1.21. The first kappa shape index (κ1) is 25.5. The number of benzene rings is 2. The van der Waals surface area contributed by atoms with Crippen molar-refractivity contribution < 1.29 is 32.6 Å². The molecule has 1 spiro atoms. The molecular weight excluding hydrogens is 486 g/mol. The van der Waals surface area contributed by atoms with Crippen LogP contribution in [-0.4, -0.2) is 81.2 Å². The lowest BCUT2D eigenvalue weighted by atomic mass is 9.82. The predicted molar refractivity (Wildman–Crippen MR) is 132 cm³/mol. The molecule has 36 heavy (non-hydrogen) atoms. The van der Waals surface area contributed by atoms with E-state index in [9.17, 15) is 27.9 Å². The van der Waals surface area contributed by atoms with Gasteiger partial charge < -0.3 is 19.6 Å². The van der Waals surface area contributed by atoms with E-state index in [0.29, 0.717) is 11.3 Å². The molecule has 1 atom stereocenters. The summed E-state index contributed by atoms with van der Waals surface area (Å²) >= 11 is 0. The number of methoxy groups -OCH3 is 1. The second-order valence-electron chi connectivity index (χ2n) is 8.59. The molecule has 0 aliphatic carbocycles. The minimum atomic E-state index is -3.73. The van der Waals surface area contributed by atoms with Crippen LogP contribution in [0, 0.1) is 0 Å². The number of rotatable bonds is 7. The van der Waals surface area contributed by atoms with Gasteiger partial charge in [-0.3, -0.25) is 14.4 Å². The van der Waals surface area contributed by atoms with Crippen LogP contribution in [0.5, 0.6) is 0 Å². The molecule has 2 aromatic rings. The number of aliphatic hydroxyl groups is 1. The number of nitrogens with zero attached hydrogens (tertiary/aromatic N) is 3. The summed E-state index contributed by atoms with van der Waals surface area (Å²) in [6.45, 7) is 2.06. The van der Waals surface area contributed by atoms with Gasteiger partial charge in [0.15, 0.2) is 5.54 Å². The van der Waals surface area contributed by atoms with Crippen LogP contribution in [0.4, 0.5) is 5.69 Å². The van der Waals surface area contributed by atoms with Crippen LogP contribution >= 0.6 is 0 Å². The summed E-state index contributed by atoms with van der Waals surface area (Å²) in [5, 5.41) is 11.4. The monoisotopic (exact) mass is 513 g/mol. The number of likely N-dealkylation sites (N-methyl/N-ethyl adjacent to an activating group) is 1. The molecule has 0 aromatic heterocycles. The fourth-order valence-electron chi connectivity index (χ4n) is 4.80. The van der Waals surface area contributed by atoms with Gasteiger partial charge >= 0.3 is 0 Å². The zero-order chi connectivity index (χ0) is 26.4. The summed E-state index contributed by atoms with van der Waals surface area (Å²) in [4.78, 5) is 43.3. The molecule has 4 rings (SSSR count). The van der Waals surface area contributed by atoms with Crippen molar-refractivity contribution in [2.45, 2.75) is 17.4 Å².